The Morgan fingerprint density at radius 3 is 2.55 bits per heavy atom. The lowest BCUT2D eigenvalue weighted by Crippen LogP contribution is -2.42. The maximum Gasteiger partial charge on any atom is 0.225 e. The highest BCUT2D eigenvalue weighted by atomic mass is 16.5. The number of amides is 1. The van der Waals surface area contributed by atoms with Crippen molar-refractivity contribution in [2.45, 2.75) is 50.5 Å². The number of aromatic nitrogens is 4. The summed E-state index contributed by atoms with van der Waals surface area (Å²) in [7, 11) is 1.77. The molecule has 1 saturated carbocycles. The van der Waals surface area contributed by atoms with E-state index in [1.807, 2.05) is 35.1 Å². The van der Waals surface area contributed by atoms with Crippen molar-refractivity contribution in [1.29, 1.82) is 0 Å². The molecule has 0 spiro atoms. The van der Waals surface area contributed by atoms with Crippen LogP contribution in [0.15, 0.2) is 42.9 Å². The second-order valence-corrected chi connectivity index (χ2v) is 8.74. The first-order chi connectivity index (χ1) is 15.2. The van der Waals surface area contributed by atoms with Crippen molar-refractivity contribution >= 4 is 11.6 Å². The molecule has 1 aliphatic carbocycles. The number of nitrogens with zero attached hydrogens (tertiary/aromatic N) is 5. The van der Waals surface area contributed by atoms with Crippen molar-refractivity contribution in [3.05, 3.63) is 48.7 Å². The Hall–Kier alpha value is -2.80. The van der Waals surface area contributed by atoms with Crippen LogP contribution in [-0.4, -0.2) is 56.7 Å². The minimum atomic E-state index is 0.169. The fourth-order valence-corrected chi connectivity index (χ4v) is 4.94. The van der Waals surface area contributed by atoms with Gasteiger partial charge < -0.3 is 9.64 Å². The first kappa shape index (κ1) is 20.1. The minimum Gasteiger partial charge on any atom is -0.381 e. The Kier molecular flexibility index (Phi) is 5.68. The van der Waals surface area contributed by atoms with Crippen molar-refractivity contribution in [1.82, 2.24) is 24.5 Å². The van der Waals surface area contributed by atoms with Crippen molar-refractivity contribution in [3.63, 3.8) is 0 Å². The average molecular weight is 420 g/mol. The van der Waals surface area contributed by atoms with E-state index in [0.29, 0.717) is 17.9 Å². The van der Waals surface area contributed by atoms with E-state index < -0.39 is 0 Å². The molecule has 1 saturated heterocycles. The summed E-state index contributed by atoms with van der Waals surface area (Å²) in [5, 5.41) is 4.77. The van der Waals surface area contributed by atoms with Crippen LogP contribution in [0, 0.1) is 5.92 Å². The van der Waals surface area contributed by atoms with Gasteiger partial charge in [-0.15, -0.1) is 0 Å². The van der Waals surface area contributed by atoms with Crippen LogP contribution in [0.1, 0.15) is 50.3 Å². The minimum absolute atomic E-state index is 0.169. The lowest BCUT2D eigenvalue weighted by Gasteiger charge is -2.35. The Morgan fingerprint density at radius 2 is 1.84 bits per heavy atom. The first-order valence-corrected chi connectivity index (χ1v) is 11.3. The van der Waals surface area contributed by atoms with Gasteiger partial charge in [0.25, 0.3) is 0 Å². The predicted octanol–water partition coefficient (Wildman–Crippen LogP) is 3.70. The molecule has 0 atom stereocenters. The lowest BCUT2D eigenvalue weighted by atomic mass is 9.85. The van der Waals surface area contributed by atoms with Crippen LogP contribution in [0.4, 0.5) is 0 Å². The number of rotatable bonds is 4. The summed E-state index contributed by atoms with van der Waals surface area (Å²) in [6.45, 7) is 1.59. The SMILES string of the molecule is COC1CCC(C(=O)N2CCC(c3nc4ccc(-c5cccnc5)cn4n3)CC2)CC1. The van der Waals surface area contributed by atoms with Crippen molar-refractivity contribution < 1.29 is 9.53 Å². The van der Waals surface area contributed by atoms with Crippen LogP contribution in [0.2, 0.25) is 0 Å². The van der Waals surface area contributed by atoms with Gasteiger partial charge in [0.05, 0.1) is 6.10 Å². The molecule has 1 amide bonds. The van der Waals surface area contributed by atoms with Crippen LogP contribution < -0.4 is 0 Å². The monoisotopic (exact) mass is 419 g/mol. The average Bonchev–Trinajstić information content (AvgIpc) is 3.28. The molecule has 1 aliphatic heterocycles. The Bertz CT molecular complexity index is 1030. The summed E-state index contributed by atoms with van der Waals surface area (Å²) >= 11 is 0. The summed E-state index contributed by atoms with van der Waals surface area (Å²) in [5.41, 5.74) is 2.99. The van der Waals surface area contributed by atoms with Crippen molar-refractivity contribution in [2.75, 3.05) is 20.2 Å². The normalized spacial score (nSPS) is 22.7. The molecule has 162 valence electrons. The fourth-order valence-electron chi connectivity index (χ4n) is 4.94. The highest BCUT2D eigenvalue weighted by Gasteiger charge is 2.32. The Morgan fingerprint density at radius 1 is 1.03 bits per heavy atom. The van der Waals surface area contributed by atoms with Gasteiger partial charge in [0.15, 0.2) is 11.5 Å². The summed E-state index contributed by atoms with van der Waals surface area (Å²) in [6.07, 6.45) is 11.7. The Balaban J connectivity index is 1.23. The number of fused-ring (bicyclic) bond motifs is 1. The molecule has 2 aliphatic rings. The molecule has 5 rings (SSSR count). The molecule has 4 heterocycles. The van der Waals surface area contributed by atoms with E-state index in [4.69, 9.17) is 14.8 Å². The summed E-state index contributed by atoms with van der Waals surface area (Å²) in [5.74, 6) is 1.69. The number of hydrogen-bond acceptors (Lipinski definition) is 5. The van der Waals surface area contributed by atoms with E-state index in [0.717, 1.165) is 74.2 Å². The number of pyridine rings is 2. The molecule has 7 nitrogen and oxygen atoms in total. The van der Waals surface area contributed by atoms with Crippen LogP contribution in [-0.2, 0) is 9.53 Å². The molecule has 3 aromatic rings. The van der Waals surface area contributed by atoms with E-state index in [2.05, 4.69) is 16.0 Å². The summed E-state index contributed by atoms with van der Waals surface area (Å²) in [4.78, 5) is 24.0. The van der Waals surface area contributed by atoms with Crippen LogP contribution >= 0.6 is 0 Å². The highest BCUT2D eigenvalue weighted by molar-refractivity contribution is 5.79. The molecule has 0 aromatic carbocycles. The van der Waals surface area contributed by atoms with Gasteiger partial charge in [-0.25, -0.2) is 9.50 Å². The number of carbonyl (C=O) groups is 1. The van der Waals surface area contributed by atoms with Gasteiger partial charge in [-0.05, 0) is 56.7 Å². The standard InChI is InChI=1S/C24H29N5O2/c1-31-21-7-4-18(5-8-21)24(30)28-13-10-17(11-14-28)23-26-22-9-6-20(16-29(22)27-23)19-3-2-12-25-15-19/h2-3,6,9,12,15-18,21H,4-5,7-8,10-11,13-14H2,1H3. The molecular formula is C24H29N5O2. The maximum atomic E-state index is 12.9. The molecule has 0 radical (unpaired) electrons. The summed E-state index contributed by atoms with van der Waals surface area (Å²) < 4.78 is 7.31. The Labute approximate surface area is 182 Å². The third-order valence-electron chi connectivity index (χ3n) is 6.87. The van der Waals surface area contributed by atoms with Crippen LogP contribution in [0.3, 0.4) is 0 Å². The highest BCUT2D eigenvalue weighted by Crippen LogP contribution is 2.31. The van der Waals surface area contributed by atoms with Crippen molar-refractivity contribution in [2.24, 2.45) is 5.92 Å². The zero-order valence-electron chi connectivity index (χ0n) is 18.0. The van der Waals surface area contributed by atoms with E-state index in [-0.39, 0.29) is 5.92 Å². The zero-order chi connectivity index (χ0) is 21.2. The maximum absolute atomic E-state index is 12.9. The number of ether oxygens (including phenoxy) is 1. The lowest BCUT2D eigenvalue weighted by molar-refractivity contribution is -0.138. The van der Waals surface area contributed by atoms with E-state index in [1.165, 1.54) is 0 Å². The third kappa shape index (κ3) is 4.19. The van der Waals surface area contributed by atoms with E-state index in [1.54, 1.807) is 13.3 Å². The number of likely N-dealkylation sites (tertiary alicyclic amines) is 1. The van der Waals surface area contributed by atoms with E-state index in [9.17, 15) is 4.79 Å². The topological polar surface area (TPSA) is 72.6 Å². The number of carbonyl (C=O) groups excluding carboxylic acids is 1. The van der Waals surface area contributed by atoms with Crippen molar-refractivity contribution in [3.8, 4) is 11.1 Å². The second kappa shape index (κ2) is 8.75. The van der Waals surface area contributed by atoms with Crippen LogP contribution in [0.25, 0.3) is 16.8 Å². The first-order valence-electron chi connectivity index (χ1n) is 11.3. The molecule has 2 fully saturated rings. The zero-order valence-corrected chi connectivity index (χ0v) is 18.0. The van der Waals surface area contributed by atoms with Gasteiger partial charge >= 0.3 is 0 Å². The van der Waals surface area contributed by atoms with Gasteiger partial charge in [-0.1, -0.05) is 6.07 Å². The number of methoxy groups -OCH3 is 1. The van der Waals surface area contributed by atoms with Gasteiger partial charge in [0.2, 0.25) is 5.91 Å². The van der Waals surface area contributed by atoms with Gasteiger partial charge in [-0.2, -0.15) is 5.10 Å². The summed E-state index contributed by atoms with van der Waals surface area (Å²) in [6, 6.07) is 8.04. The van der Waals surface area contributed by atoms with Crippen LogP contribution in [0.5, 0.6) is 0 Å². The molecule has 0 unspecified atom stereocenters. The molecule has 0 bridgehead atoms. The predicted molar refractivity (Wildman–Crippen MR) is 118 cm³/mol. The molecule has 7 heteroatoms. The number of hydrogen-bond donors (Lipinski definition) is 0. The third-order valence-corrected chi connectivity index (χ3v) is 6.87. The number of piperidine rings is 1. The molecular weight excluding hydrogens is 390 g/mol. The van der Waals surface area contributed by atoms with Gasteiger partial charge in [0, 0.05) is 61.8 Å². The quantitative estimate of drug-likeness (QED) is 0.645. The molecule has 3 aromatic heterocycles. The van der Waals surface area contributed by atoms with E-state index >= 15 is 0 Å². The second-order valence-electron chi connectivity index (χ2n) is 8.74. The smallest absolute Gasteiger partial charge is 0.225 e. The molecule has 31 heavy (non-hydrogen) atoms. The molecule has 0 N–H and O–H groups in total. The van der Waals surface area contributed by atoms with Gasteiger partial charge in [-0.3, -0.25) is 9.78 Å². The fraction of sp³-hybridized carbons (Fsp3) is 0.500. The van der Waals surface area contributed by atoms with Gasteiger partial charge in [0.1, 0.15) is 0 Å². The largest absolute Gasteiger partial charge is 0.381 e.